The Kier molecular flexibility index (Phi) is 4.23. The molecule has 0 aromatic carbocycles. The normalized spacial score (nSPS) is 11.5. The quantitative estimate of drug-likeness (QED) is 0.790. The van der Waals surface area contributed by atoms with E-state index < -0.39 is 0 Å². The summed E-state index contributed by atoms with van der Waals surface area (Å²) >= 11 is 0. The van der Waals surface area contributed by atoms with Gasteiger partial charge in [-0.2, -0.15) is 15.5 Å². The zero-order valence-corrected chi connectivity index (χ0v) is 8.47. The van der Waals surface area contributed by atoms with Gasteiger partial charge in [0, 0.05) is 6.04 Å². The zero-order chi connectivity index (χ0) is 11.1. The van der Waals surface area contributed by atoms with Crippen LogP contribution < -0.4 is 5.32 Å². The van der Waals surface area contributed by atoms with Gasteiger partial charge < -0.3 is 5.32 Å². The maximum absolute atomic E-state index is 11.6. The lowest BCUT2D eigenvalue weighted by Crippen LogP contribution is -2.34. The lowest BCUT2D eigenvalue weighted by Gasteiger charge is -2.12. The largest absolute Gasteiger partial charge is 0.348 e. The number of amides is 1. The fraction of sp³-hybridized carbons (Fsp3) is 0.400. The molecule has 0 fully saturated rings. The first-order valence-electron chi connectivity index (χ1n) is 4.72. The number of carbonyl (C=O) groups excluding carboxylic acids is 1. The van der Waals surface area contributed by atoms with E-state index in [0.717, 1.165) is 6.42 Å². The third-order valence-corrected chi connectivity index (χ3v) is 2.01. The van der Waals surface area contributed by atoms with Crippen LogP contribution in [0, 0.1) is 11.3 Å². The van der Waals surface area contributed by atoms with Crippen molar-refractivity contribution >= 4 is 5.91 Å². The first kappa shape index (κ1) is 11.1. The summed E-state index contributed by atoms with van der Waals surface area (Å²) in [6, 6.07) is 3.52. The van der Waals surface area contributed by atoms with E-state index in [1.807, 2.05) is 13.0 Å². The fourth-order valence-corrected chi connectivity index (χ4v) is 1.10. The molecular formula is C10H12N4O. The lowest BCUT2D eigenvalue weighted by atomic mass is 10.1. The number of nitrogens with one attached hydrogen (secondary N) is 1. The van der Waals surface area contributed by atoms with E-state index >= 15 is 0 Å². The molecule has 1 N–H and O–H groups in total. The van der Waals surface area contributed by atoms with Gasteiger partial charge >= 0.3 is 0 Å². The van der Waals surface area contributed by atoms with Crippen LogP contribution >= 0.6 is 0 Å². The van der Waals surface area contributed by atoms with Crippen LogP contribution in [-0.4, -0.2) is 22.1 Å². The minimum Gasteiger partial charge on any atom is -0.348 e. The predicted octanol–water partition coefficient (Wildman–Crippen LogP) is 0.899. The number of carbonyl (C=O) groups is 1. The molecule has 15 heavy (non-hydrogen) atoms. The van der Waals surface area contributed by atoms with Crippen molar-refractivity contribution in [3.63, 3.8) is 0 Å². The van der Waals surface area contributed by atoms with Gasteiger partial charge in [0.1, 0.15) is 0 Å². The van der Waals surface area contributed by atoms with Gasteiger partial charge in [0.2, 0.25) is 0 Å². The van der Waals surface area contributed by atoms with E-state index in [1.54, 1.807) is 6.07 Å². The molecule has 78 valence electrons. The second-order valence-corrected chi connectivity index (χ2v) is 3.07. The predicted molar refractivity (Wildman–Crippen MR) is 53.8 cm³/mol. The van der Waals surface area contributed by atoms with Crippen LogP contribution in [0.1, 0.15) is 30.1 Å². The van der Waals surface area contributed by atoms with Crippen LogP contribution in [0.5, 0.6) is 0 Å². The Morgan fingerprint density at radius 1 is 1.67 bits per heavy atom. The molecule has 1 amide bonds. The summed E-state index contributed by atoms with van der Waals surface area (Å²) < 4.78 is 0. The second-order valence-electron chi connectivity index (χ2n) is 3.07. The number of nitrogens with zero attached hydrogens (tertiary/aromatic N) is 3. The third kappa shape index (κ3) is 3.35. The van der Waals surface area contributed by atoms with Crippen LogP contribution in [0.4, 0.5) is 0 Å². The molecule has 1 aromatic rings. The fourth-order valence-electron chi connectivity index (χ4n) is 1.10. The molecule has 1 heterocycles. The molecule has 0 aliphatic carbocycles. The molecule has 0 spiro atoms. The molecule has 1 rings (SSSR count). The Morgan fingerprint density at radius 2 is 2.47 bits per heavy atom. The van der Waals surface area contributed by atoms with Gasteiger partial charge in [-0.3, -0.25) is 4.79 Å². The molecule has 1 unspecified atom stereocenters. The van der Waals surface area contributed by atoms with Crippen molar-refractivity contribution in [1.29, 1.82) is 5.26 Å². The highest BCUT2D eigenvalue weighted by Gasteiger charge is 2.11. The molecule has 1 aromatic heterocycles. The van der Waals surface area contributed by atoms with Crippen LogP contribution in [0.15, 0.2) is 18.5 Å². The molecule has 0 aliphatic heterocycles. The summed E-state index contributed by atoms with van der Waals surface area (Å²) in [4.78, 5) is 11.6. The maximum Gasteiger partial charge on any atom is 0.253 e. The Labute approximate surface area is 88.1 Å². The van der Waals surface area contributed by atoms with E-state index in [-0.39, 0.29) is 11.9 Å². The van der Waals surface area contributed by atoms with E-state index in [9.17, 15) is 4.79 Å². The highest BCUT2D eigenvalue weighted by molar-refractivity contribution is 5.93. The van der Waals surface area contributed by atoms with Crippen molar-refractivity contribution < 1.29 is 4.79 Å². The van der Waals surface area contributed by atoms with Gasteiger partial charge in [-0.05, 0) is 12.5 Å². The molecule has 0 aliphatic rings. The van der Waals surface area contributed by atoms with Crippen LogP contribution in [0.3, 0.4) is 0 Å². The van der Waals surface area contributed by atoms with Crippen LogP contribution in [-0.2, 0) is 0 Å². The van der Waals surface area contributed by atoms with Crippen molar-refractivity contribution in [2.75, 3.05) is 0 Å². The Morgan fingerprint density at radius 3 is 3.00 bits per heavy atom. The van der Waals surface area contributed by atoms with Gasteiger partial charge in [-0.1, -0.05) is 6.92 Å². The molecule has 0 saturated heterocycles. The van der Waals surface area contributed by atoms with Gasteiger partial charge in [0.25, 0.3) is 5.91 Å². The minimum absolute atomic E-state index is 0.101. The minimum atomic E-state index is -0.216. The molecular weight excluding hydrogens is 192 g/mol. The standard InChI is InChI=1S/C10H12N4O/c1-2-9(3-5-11)14-10(15)8-4-6-12-13-7-8/h4,6-7,9H,2-3H2,1H3,(H,14,15). The van der Waals surface area contributed by atoms with Gasteiger partial charge in [-0.25, -0.2) is 0 Å². The van der Waals surface area contributed by atoms with Crippen LogP contribution in [0.2, 0.25) is 0 Å². The third-order valence-electron chi connectivity index (χ3n) is 2.01. The first-order valence-corrected chi connectivity index (χ1v) is 4.72. The van der Waals surface area contributed by atoms with Crippen molar-refractivity contribution in [1.82, 2.24) is 15.5 Å². The topological polar surface area (TPSA) is 78.7 Å². The number of nitriles is 1. The molecule has 5 nitrogen and oxygen atoms in total. The zero-order valence-electron chi connectivity index (χ0n) is 8.47. The number of aromatic nitrogens is 2. The summed E-state index contributed by atoms with van der Waals surface area (Å²) in [6.45, 7) is 1.92. The molecule has 0 radical (unpaired) electrons. The van der Waals surface area contributed by atoms with Gasteiger partial charge in [0.15, 0.2) is 0 Å². The number of rotatable bonds is 4. The Balaban J connectivity index is 2.59. The summed E-state index contributed by atoms with van der Waals surface area (Å²) in [7, 11) is 0. The molecule has 0 saturated carbocycles. The maximum atomic E-state index is 11.6. The smallest absolute Gasteiger partial charge is 0.253 e. The van der Waals surface area contributed by atoms with E-state index in [2.05, 4.69) is 15.5 Å². The SMILES string of the molecule is CCC(CC#N)NC(=O)c1ccnnc1. The number of hydrogen-bond donors (Lipinski definition) is 1. The van der Waals surface area contributed by atoms with Gasteiger partial charge in [-0.15, -0.1) is 0 Å². The van der Waals surface area contributed by atoms with Gasteiger partial charge in [0.05, 0.1) is 30.4 Å². The summed E-state index contributed by atoms with van der Waals surface area (Å²) in [6.07, 6.45) is 3.91. The molecule has 5 heteroatoms. The van der Waals surface area contributed by atoms with E-state index in [1.165, 1.54) is 12.4 Å². The lowest BCUT2D eigenvalue weighted by molar-refractivity contribution is 0.0936. The van der Waals surface area contributed by atoms with E-state index in [4.69, 9.17) is 5.26 Å². The summed E-state index contributed by atoms with van der Waals surface area (Å²) in [5.41, 5.74) is 0.460. The van der Waals surface area contributed by atoms with Crippen molar-refractivity contribution in [3.8, 4) is 6.07 Å². The van der Waals surface area contributed by atoms with Crippen molar-refractivity contribution in [2.24, 2.45) is 0 Å². The van der Waals surface area contributed by atoms with Crippen molar-refractivity contribution in [3.05, 3.63) is 24.0 Å². The summed E-state index contributed by atoms with van der Waals surface area (Å²) in [5, 5.41) is 18.5. The summed E-state index contributed by atoms with van der Waals surface area (Å²) in [5.74, 6) is -0.216. The molecule has 1 atom stereocenters. The Bertz CT molecular complexity index is 357. The Hall–Kier alpha value is -1.96. The van der Waals surface area contributed by atoms with Crippen molar-refractivity contribution in [2.45, 2.75) is 25.8 Å². The number of hydrogen-bond acceptors (Lipinski definition) is 4. The average molecular weight is 204 g/mol. The average Bonchev–Trinajstić information content (AvgIpc) is 2.29. The van der Waals surface area contributed by atoms with Crippen LogP contribution in [0.25, 0.3) is 0 Å². The molecule has 0 bridgehead atoms. The highest BCUT2D eigenvalue weighted by atomic mass is 16.1. The highest BCUT2D eigenvalue weighted by Crippen LogP contribution is 2.00. The van der Waals surface area contributed by atoms with E-state index in [0.29, 0.717) is 12.0 Å². The first-order chi connectivity index (χ1) is 7.27. The second kappa shape index (κ2) is 5.70. The monoisotopic (exact) mass is 204 g/mol.